The molecule has 0 bridgehead atoms. The molecule has 0 saturated heterocycles. The highest BCUT2D eigenvalue weighted by Crippen LogP contribution is 2.20. The Bertz CT molecular complexity index is 613. The second-order valence-corrected chi connectivity index (χ2v) is 6.39. The third kappa shape index (κ3) is 3.82. The van der Waals surface area contributed by atoms with Gasteiger partial charge in [0.2, 0.25) is 0 Å². The van der Waals surface area contributed by atoms with Gasteiger partial charge in [0, 0.05) is 27.3 Å². The maximum atomic E-state index is 12.2. The summed E-state index contributed by atoms with van der Waals surface area (Å²) in [6.45, 7) is 2.03. The number of anilines is 1. The Kier molecular flexibility index (Phi) is 4.61. The molecule has 19 heavy (non-hydrogen) atoms. The van der Waals surface area contributed by atoms with Crippen molar-refractivity contribution in [1.29, 1.82) is 0 Å². The van der Waals surface area contributed by atoms with Crippen LogP contribution in [0.3, 0.4) is 0 Å². The van der Waals surface area contributed by atoms with Crippen molar-refractivity contribution >= 4 is 28.1 Å². The number of benzene rings is 2. The van der Waals surface area contributed by atoms with Gasteiger partial charge in [-0.2, -0.15) is 0 Å². The van der Waals surface area contributed by atoms with Crippen molar-refractivity contribution in [2.75, 3.05) is 5.73 Å². The van der Waals surface area contributed by atoms with Crippen molar-refractivity contribution in [1.82, 2.24) is 0 Å². The molecule has 4 heteroatoms. The zero-order valence-corrected chi connectivity index (χ0v) is 12.3. The van der Waals surface area contributed by atoms with Crippen LogP contribution in [0.2, 0.25) is 5.02 Å². The lowest BCUT2D eigenvalue weighted by atomic mass is 10.1. The molecule has 0 saturated carbocycles. The lowest BCUT2D eigenvalue weighted by molar-refractivity contribution is 0.682. The Labute approximate surface area is 121 Å². The molecular weight excluding hydrogens is 278 g/mol. The summed E-state index contributed by atoms with van der Waals surface area (Å²) in [6.07, 6.45) is 0. The summed E-state index contributed by atoms with van der Waals surface area (Å²) in [5.41, 5.74) is 9.63. The van der Waals surface area contributed by atoms with Crippen LogP contribution in [0.15, 0.2) is 42.5 Å². The quantitative estimate of drug-likeness (QED) is 0.874. The predicted molar refractivity (Wildman–Crippen MR) is 82.6 cm³/mol. The Morgan fingerprint density at radius 2 is 1.79 bits per heavy atom. The van der Waals surface area contributed by atoms with E-state index in [0.717, 1.165) is 16.7 Å². The second kappa shape index (κ2) is 6.22. The van der Waals surface area contributed by atoms with Crippen molar-refractivity contribution in [2.24, 2.45) is 0 Å². The average molecular weight is 294 g/mol. The zero-order chi connectivity index (χ0) is 13.8. The Morgan fingerprint density at radius 3 is 2.53 bits per heavy atom. The molecule has 0 radical (unpaired) electrons. The van der Waals surface area contributed by atoms with Crippen LogP contribution >= 0.6 is 11.6 Å². The second-order valence-electron chi connectivity index (χ2n) is 4.50. The molecule has 0 spiro atoms. The first-order valence-corrected chi connectivity index (χ1v) is 7.86. The molecule has 2 aromatic carbocycles. The Morgan fingerprint density at radius 1 is 1.11 bits per heavy atom. The van der Waals surface area contributed by atoms with Gasteiger partial charge in [-0.15, -0.1) is 0 Å². The highest BCUT2D eigenvalue weighted by atomic mass is 35.5. The van der Waals surface area contributed by atoms with E-state index in [4.69, 9.17) is 17.3 Å². The van der Waals surface area contributed by atoms with Crippen molar-refractivity contribution in [3.05, 3.63) is 64.2 Å². The molecule has 1 unspecified atom stereocenters. The van der Waals surface area contributed by atoms with Crippen LogP contribution in [0.25, 0.3) is 0 Å². The first kappa shape index (κ1) is 14.1. The monoisotopic (exact) mass is 293 g/mol. The number of hydrogen-bond donors (Lipinski definition) is 1. The van der Waals surface area contributed by atoms with Gasteiger partial charge in [0.05, 0.1) is 5.75 Å². The van der Waals surface area contributed by atoms with Crippen LogP contribution in [0, 0.1) is 6.92 Å². The molecule has 0 amide bonds. The van der Waals surface area contributed by atoms with E-state index in [1.807, 2.05) is 31.2 Å². The highest BCUT2D eigenvalue weighted by molar-refractivity contribution is 7.83. The number of nitrogens with two attached hydrogens (primary N) is 1. The Hall–Kier alpha value is -1.32. The summed E-state index contributed by atoms with van der Waals surface area (Å²) in [5, 5.41) is 0.622. The minimum absolute atomic E-state index is 0.431. The summed E-state index contributed by atoms with van der Waals surface area (Å²) in [7, 11) is -0.989. The average Bonchev–Trinajstić information content (AvgIpc) is 2.37. The number of nitrogen functional groups attached to an aromatic ring is 1. The van der Waals surface area contributed by atoms with E-state index in [-0.39, 0.29) is 0 Å². The maximum Gasteiger partial charge on any atom is 0.0509 e. The number of rotatable bonds is 4. The van der Waals surface area contributed by atoms with Gasteiger partial charge in [0.25, 0.3) is 0 Å². The molecule has 1 atom stereocenters. The molecule has 0 aromatic heterocycles. The van der Waals surface area contributed by atoms with Gasteiger partial charge >= 0.3 is 0 Å². The first-order valence-electron chi connectivity index (χ1n) is 5.99. The van der Waals surface area contributed by atoms with Crippen LogP contribution < -0.4 is 5.73 Å². The van der Waals surface area contributed by atoms with E-state index in [9.17, 15) is 4.21 Å². The van der Waals surface area contributed by atoms with E-state index in [1.165, 1.54) is 0 Å². The zero-order valence-electron chi connectivity index (χ0n) is 10.7. The molecule has 2 nitrogen and oxygen atoms in total. The molecule has 0 aliphatic carbocycles. The largest absolute Gasteiger partial charge is 0.398 e. The standard InChI is InChI=1S/C15H16ClNOS/c1-11-4-2-3-5-12(11)9-19(18)10-13-8-14(16)6-7-15(13)17/h2-8H,9-10,17H2,1H3. The predicted octanol–water partition coefficient (Wildman–Crippen LogP) is 3.68. The van der Waals surface area contributed by atoms with Gasteiger partial charge < -0.3 is 5.73 Å². The number of aryl methyl sites for hydroxylation is 1. The van der Waals surface area contributed by atoms with E-state index >= 15 is 0 Å². The van der Waals surface area contributed by atoms with Gasteiger partial charge in [-0.3, -0.25) is 4.21 Å². The molecule has 2 rings (SSSR count). The van der Waals surface area contributed by atoms with E-state index in [2.05, 4.69) is 0 Å². The smallest absolute Gasteiger partial charge is 0.0509 e. The van der Waals surface area contributed by atoms with Gasteiger partial charge in [-0.25, -0.2) is 0 Å². The van der Waals surface area contributed by atoms with Crippen molar-refractivity contribution < 1.29 is 4.21 Å². The van der Waals surface area contributed by atoms with Crippen molar-refractivity contribution in [3.63, 3.8) is 0 Å². The van der Waals surface area contributed by atoms with Gasteiger partial charge in [-0.05, 0) is 41.8 Å². The molecule has 0 heterocycles. The number of hydrogen-bond acceptors (Lipinski definition) is 2. The minimum atomic E-state index is -0.989. The molecular formula is C15H16ClNOS. The SMILES string of the molecule is Cc1ccccc1CS(=O)Cc1cc(Cl)ccc1N. The third-order valence-electron chi connectivity index (χ3n) is 3.00. The first-order chi connectivity index (χ1) is 9.06. The number of halogens is 1. The minimum Gasteiger partial charge on any atom is -0.398 e. The topological polar surface area (TPSA) is 43.1 Å². The summed E-state index contributed by atoms with van der Waals surface area (Å²) < 4.78 is 12.2. The lowest BCUT2D eigenvalue weighted by Gasteiger charge is -2.08. The van der Waals surface area contributed by atoms with Crippen molar-refractivity contribution in [3.8, 4) is 0 Å². The fourth-order valence-corrected chi connectivity index (χ4v) is 3.43. The lowest BCUT2D eigenvalue weighted by Crippen LogP contribution is -2.03. The van der Waals surface area contributed by atoms with Gasteiger partial charge in [-0.1, -0.05) is 35.9 Å². The Balaban J connectivity index is 2.10. The maximum absolute atomic E-state index is 12.2. The van der Waals surface area contributed by atoms with Crippen molar-refractivity contribution in [2.45, 2.75) is 18.4 Å². The molecule has 0 fully saturated rings. The highest BCUT2D eigenvalue weighted by Gasteiger charge is 2.08. The van der Waals surface area contributed by atoms with Crippen LogP contribution in [-0.2, 0) is 22.3 Å². The molecule has 0 aliphatic rings. The fourth-order valence-electron chi connectivity index (χ4n) is 1.87. The van der Waals surface area contributed by atoms with E-state index < -0.39 is 10.8 Å². The third-order valence-corrected chi connectivity index (χ3v) is 4.50. The van der Waals surface area contributed by atoms with E-state index in [1.54, 1.807) is 18.2 Å². The molecule has 0 aliphatic heterocycles. The molecule has 2 N–H and O–H groups in total. The molecule has 100 valence electrons. The summed E-state index contributed by atoms with van der Waals surface area (Å²) in [4.78, 5) is 0. The summed E-state index contributed by atoms with van der Waals surface area (Å²) >= 11 is 5.93. The van der Waals surface area contributed by atoms with Crippen LogP contribution in [0.5, 0.6) is 0 Å². The van der Waals surface area contributed by atoms with Crippen LogP contribution in [-0.4, -0.2) is 4.21 Å². The van der Waals surface area contributed by atoms with Gasteiger partial charge in [0.15, 0.2) is 0 Å². The van der Waals surface area contributed by atoms with Crippen LogP contribution in [0.4, 0.5) is 5.69 Å². The fraction of sp³-hybridized carbons (Fsp3) is 0.200. The van der Waals surface area contributed by atoms with Gasteiger partial charge in [0.1, 0.15) is 0 Å². The normalized spacial score (nSPS) is 12.3. The van der Waals surface area contributed by atoms with Crippen LogP contribution in [0.1, 0.15) is 16.7 Å². The molecule has 2 aromatic rings. The summed E-state index contributed by atoms with van der Waals surface area (Å²) in [5.74, 6) is 0.972. The summed E-state index contributed by atoms with van der Waals surface area (Å²) in [6, 6.07) is 13.3. The van der Waals surface area contributed by atoms with E-state index in [0.29, 0.717) is 22.2 Å².